The maximum absolute atomic E-state index is 13.0. The molecule has 1 heterocycles. The Morgan fingerprint density at radius 1 is 1.16 bits per heavy atom. The van der Waals surface area contributed by atoms with Gasteiger partial charge in [0.1, 0.15) is 17.3 Å². The molecule has 0 aliphatic heterocycles. The molecule has 0 bridgehead atoms. The molecule has 0 aliphatic rings. The van der Waals surface area contributed by atoms with Crippen LogP contribution >= 0.6 is 0 Å². The van der Waals surface area contributed by atoms with E-state index in [-0.39, 0.29) is 17.1 Å². The highest BCUT2D eigenvalue weighted by atomic mass is 19.4. The van der Waals surface area contributed by atoms with E-state index in [2.05, 4.69) is 4.74 Å². The molecule has 0 aliphatic carbocycles. The van der Waals surface area contributed by atoms with Gasteiger partial charge in [0.2, 0.25) is 0 Å². The molecule has 19 heavy (non-hydrogen) atoms. The second-order valence-electron chi connectivity index (χ2n) is 3.51. The molecule has 0 saturated heterocycles. The molecule has 1 aromatic carbocycles. The van der Waals surface area contributed by atoms with E-state index in [4.69, 9.17) is 4.42 Å². The lowest BCUT2D eigenvalue weighted by molar-refractivity contribution is -0.274. The highest BCUT2D eigenvalue weighted by molar-refractivity contribution is 5.74. The first-order valence-corrected chi connectivity index (χ1v) is 5.00. The maximum atomic E-state index is 13.0. The second kappa shape index (κ2) is 4.75. The Morgan fingerprint density at radius 3 is 2.47 bits per heavy atom. The van der Waals surface area contributed by atoms with Gasteiger partial charge in [-0.2, -0.15) is 0 Å². The molecule has 0 saturated carbocycles. The molecule has 0 spiro atoms. The number of hydrogen-bond donors (Lipinski definition) is 0. The second-order valence-corrected chi connectivity index (χ2v) is 3.51. The van der Waals surface area contributed by atoms with E-state index >= 15 is 0 Å². The van der Waals surface area contributed by atoms with Gasteiger partial charge in [0.05, 0.1) is 5.56 Å². The Labute approximate surface area is 104 Å². The molecular weight excluding hydrogens is 268 g/mol. The third-order valence-electron chi connectivity index (χ3n) is 2.18. The first-order chi connectivity index (χ1) is 8.89. The number of hydrogen-bond acceptors (Lipinski definition) is 3. The molecule has 0 atom stereocenters. The van der Waals surface area contributed by atoms with Crippen molar-refractivity contribution in [1.82, 2.24) is 0 Å². The first-order valence-electron chi connectivity index (χ1n) is 5.00. The maximum Gasteiger partial charge on any atom is 0.573 e. The van der Waals surface area contributed by atoms with Crippen molar-refractivity contribution in [2.24, 2.45) is 0 Å². The summed E-state index contributed by atoms with van der Waals surface area (Å²) in [6.45, 7) is 0. The topological polar surface area (TPSA) is 39.4 Å². The van der Waals surface area contributed by atoms with Gasteiger partial charge in [-0.05, 0) is 24.3 Å². The van der Waals surface area contributed by atoms with Crippen molar-refractivity contribution < 1.29 is 31.5 Å². The normalized spacial score (nSPS) is 11.4. The SMILES string of the molecule is O=Cc1ccc(-c2ccc(F)cc2OC(F)(F)F)o1. The van der Waals surface area contributed by atoms with E-state index < -0.39 is 17.9 Å². The van der Waals surface area contributed by atoms with Crippen LogP contribution in [0.3, 0.4) is 0 Å². The summed E-state index contributed by atoms with van der Waals surface area (Å²) in [4.78, 5) is 10.5. The predicted octanol–water partition coefficient (Wildman–Crippen LogP) is 3.80. The molecule has 1 aromatic heterocycles. The fourth-order valence-corrected chi connectivity index (χ4v) is 1.47. The summed E-state index contributed by atoms with van der Waals surface area (Å²) in [5.41, 5.74) is -0.105. The minimum absolute atomic E-state index is 0.0265. The number of benzene rings is 1. The van der Waals surface area contributed by atoms with Gasteiger partial charge in [0.25, 0.3) is 0 Å². The highest BCUT2D eigenvalue weighted by Gasteiger charge is 2.32. The Kier molecular flexibility index (Phi) is 3.28. The van der Waals surface area contributed by atoms with E-state index in [1.807, 2.05) is 0 Å². The van der Waals surface area contributed by atoms with Gasteiger partial charge in [0, 0.05) is 6.07 Å². The van der Waals surface area contributed by atoms with Crippen LogP contribution in [0.4, 0.5) is 17.6 Å². The molecular formula is C12H6F4O3. The smallest absolute Gasteiger partial charge is 0.453 e. The van der Waals surface area contributed by atoms with Crippen molar-refractivity contribution in [1.29, 1.82) is 0 Å². The zero-order valence-electron chi connectivity index (χ0n) is 9.20. The lowest BCUT2D eigenvalue weighted by Crippen LogP contribution is -2.17. The predicted molar refractivity (Wildman–Crippen MR) is 56.2 cm³/mol. The van der Waals surface area contributed by atoms with Crippen LogP contribution in [-0.2, 0) is 0 Å². The summed E-state index contributed by atoms with van der Waals surface area (Å²) < 4.78 is 58.3. The van der Waals surface area contributed by atoms with Gasteiger partial charge >= 0.3 is 6.36 Å². The largest absolute Gasteiger partial charge is 0.573 e. The van der Waals surface area contributed by atoms with Gasteiger partial charge in [-0.3, -0.25) is 4.79 Å². The minimum atomic E-state index is -4.96. The molecule has 0 unspecified atom stereocenters. The molecule has 2 rings (SSSR count). The van der Waals surface area contributed by atoms with Crippen molar-refractivity contribution in [3.05, 3.63) is 41.9 Å². The molecule has 0 amide bonds. The third-order valence-corrected chi connectivity index (χ3v) is 2.18. The van der Waals surface area contributed by atoms with E-state index in [0.29, 0.717) is 12.4 Å². The van der Waals surface area contributed by atoms with Gasteiger partial charge < -0.3 is 9.15 Å². The van der Waals surface area contributed by atoms with Gasteiger partial charge in [-0.15, -0.1) is 13.2 Å². The summed E-state index contributed by atoms with van der Waals surface area (Å²) in [5.74, 6) is -1.71. The van der Waals surface area contributed by atoms with Crippen molar-refractivity contribution in [3.8, 4) is 17.1 Å². The number of carbonyl (C=O) groups excluding carboxylic acids is 1. The number of rotatable bonds is 3. The fraction of sp³-hybridized carbons (Fsp3) is 0.0833. The van der Waals surface area contributed by atoms with Gasteiger partial charge in [0.15, 0.2) is 12.0 Å². The fourth-order valence-electron chi connectivity index (χ4n) is 1.47. The summed E-state index contributed by atoms with van der Waals surface area (Å²) in [6.07, 6.45) is -4.56. The summed E-state index contributed by atoms with van der Waals surface area (Å²) in [7, 11) is 0. The van der Waals surface area contributed by atoms with Crippen molar-refractivity contribution >= 4 is 6.29 Å². The molecule has 0 fully saturated rings. The van der Waals surface area contributed by atoms with Crippen LogP contribution < -0.4 is 4.74 Å². The average Bonchev–Trinajstić information content (AvgIpc) is 2.75. The summed E-state index contributed by atoms with van der Waals surface area (Å²) >= 11 is 0. The highest BCUT2D eigenvalue weighted by Crippen LogP contribution is 2.35. The van der Waals surface area contributed by atoms with Gasteiger partial charge in [-0.25, -0.2) is 4.39 Å². The molecule has 0 radical (unpaired) electrons. The Morgan fingerprint density at radius 2 is 1.89 bits per heavy atom. The summed E-state index contributed by atoms with van der Waals surface area (Å²) in [6, 6.07) is 5.20. The van der Waals surface area contributed by atoms with E-state index in [9.17, 15) is 22.4 Å². The molecule has 7 heteroatoms. The number of alkyl halides is 3. The van der Waals surface area contributed by atoms with Crippen LogP contribution in [0.1, 0.15) is 10.6 Å². The number of halogens is 4. The quantitative estimate of drug-likeness (QED) is 0.631. The molecule has 100 valence electrons. The van der Waals surface area contributed by atoms with Crippen LogP contribution in [0.15, 0.2) is 34.7 Å². The van der Waals surface area contributed by atoms with Crippen LogP contribution in [0.2, 0.25) is 0 Å². The Balaban J connectivity index is 2.47. The number of ether oxygens (including phenoxy) is 1. The number of furan rings is 1. The number of aldehydes is 1. The van der Waals surface area contributed by atoms with Crippen LogP contribution in [0.5, 0.6) is 5.75 Å². The molecule has 0 N–H and O–H groups in total. The molecule has 3 nitrogen and oxygen atoms in total. The van der Waals surface area contributed by atoms with Gasteiger partial charge in [-0.1, -0.05) is 0 Å². The average molecular weight is 274 g/mol. The van der Waals surface area contributed by atoms with Crippen LogP contribution in [-0.4, -0.2) is 12.6 Å². The Hall–Kier alpha value is -2.31. The monoisotopic (exact) mass is 274 g/mol. The van der Waals surface area contributed by atoms with Crippen LogP contribution in [0, 0.1) is 5.82 Å². The van der Waals surface area contributed by atoms with E-state index in [1.165, 1.54) is 12.1 Å². The summed E-state index contributed by atoms with van der Waals surface area (Å²) in [5, 5.41) is 0. The zero-order valence-corrected chi connectivity index (χ0v) is 9.20. The lowest BCUT2D eigenvalue weighted by Gasteiger charge is -2.12. The van der Waals surface area contributed by atoms with Crippen molar-refractivity contribution in [2.45, 2.75) is 6.36 Å². The third kappa shape index (κ3) is 3.12. The first kappa shape index (κ1) is 13.1. The minimum Gasteiger partial charge on any atom is -0.453 e. The van der Waals surface area contributed by atoms with Crippen molar-refractivity contribution in [2.75, 3.05) is 0 Å². The van der Waals surface area contributed by atoms with Crippen LogP contribution in [0.25, 0.3) is 11.3 Å². The van der Waals surface area contributed by atoms with Crippen molar-refractivity contribution in [3.63, 3.8) is 0 Å². The number of carbonyl (C=O) groups is 1. The lowest BCUT2D eigenvalue weighted by atomic mass is 10.1. The van der Waals surface area contributed by atoms with E-state index in [0.717, 1.165) is 12.1 Å². The Bertz CT molecular complexity index is 601. The zero-order chi connectivity index (χ0) is 14.0. The molecule has 2 aromatic rings. The standard InChI is InChI=1S/C12H6F4O3/c13-7-1-3-9(10-4-2-8(6-17)18-10)11(5-7)19-12(14,15)16/h1-6H. The van der Waals surface area contributed by atoms with E-state index in [1.54, 1.807) is 0 Å².